The van der Waals surface area contributed by atoms with Gasteiger partial charge in [-0.3, -0.25) is 4.79 Å². The molecule has 0 unspecified atom stereocenters. The van der Waals surface area contributed by atoms with Gasteiger partial charge in [-0.25, -0.2) is 0 Å². The summed E-state index contributed by atoms with van der Waals surface area (Å²) in [6, 6.07) is 12.6. The van der Waals surface area contributed by atoms with Crippen molar-refractivity contribution < 1.29 is 9.21 Å². The van der Waals surface area contributed by atoms with Gasteiger partial charge in [-0.1, -0.05) is 53.0 Å². The van der Waals surface area contributed by atoms with Crippen molar-refractivity contribution in [1.29, 1.82) is 0 Å². The Morgan fingerprint density at radius 2 is 1.68 bits per heavy atom. The quantitative estimate of drug-likeness (QED) is 0.517. The predicted octanol–water partition coefficient (Wildman–Crippen LogP) is 5.43. The molecule has 1 amide bonds. The van der Waals surface area contributed by atoms with Gasteiger partial charge in [0.1, 0.15) is 0 Å². The van der Waals surface area contributed by atoms with Crippen molar-refractivity contribution in [2.45, 2.75) is 31.8 Å². The van der Waals surface area contributed by atoms with E-state index in [4.69, 9.17) is 39.2 Å². The molecule has 3 aromatic rings. The predicted molar refractivity (Wildman–Crippen MR) is 108 cm³/mol. The molecule has 1 aliphatic rings. The van der Waals surface area contributed by atoms with Gasteiger partial charge in [0.15, 0.2) is 0 Å². The molecule has 28 heavy (non-hydrogen) atoms. The van der Waals surface area contributed by atoms with E-state index in [1.807, 2.05) is 18.2 Å². The number of aromatic nitrogens is 2. The second-order valence-electron chi connectivity index (χ2n) is 6.61. The minimum atomic E-state index is -0.0741. The number of nitrogens with zero attached hydrogens (tertiary/aromatic N) is 3. The van der Waals surface area contributed by atoms with Crippen LogP contribution in [0.15, 0.2) is 46.9 Å². The Balaban J connectivity index is 1.52. The summed E-state index contributed by atoms with van der Waals surface area (Å²) in [5.41, 5.74) is 1.29. The van der Waals surface area contributed by atoms with Gasteiger partial charge in [0.2, 0.25) is 17.7 Å². The molecule has 1 saturated carbocycles. The smallest absolute Gasteiger partial charge is 0.249 e. The Kier molecular flexibility index (Phi) is 5.58. The highest BCUT2D eigenvalue weighted by atomic mass is 35.5. The van der Waals surface area contributed by atoms with Gasteiger partial charge < -0.3 is 9.32 Å². The van der Waals surface area contributed by atoms with Gasteiger partial charge in [-0.15, -0.1) is 10.2 Å². The zero-order valence-electron chi connectivity index (χ0n) is 14.7. The van der Waals surface area contributed by atoms with Crippen LogP contribution in [0.3, 0.4) is 0 Å². The van der Waals surface area contributed by atoms with E-state index in [1.165, 1.54) is 0 Å². The standard InChI is InChI=1S/C20H16Cl3N3O2/c21-15-5-2-1-4-13(15)20-25-24-18(28-20)11-26(12-8-9-12)19(27)10-14-16(22)6-3-7-17(14)23/h1-7,12H,8-11H2. The highest BCUT2D eigenvalue weighted by molar-refractivity contribution is 6.36. The fourth-order valence-electron chi connectivity index (χ4n) is 2.97. The molecule has 4 rings (SSSR count). The maximum Gasteiger partial charge on any atom is 0.249 e. The minimum Gasteiger partial charge on any atom is -0.419 e. The van der Waals surface area contributed by atoms with Crippen LogP contribution in [0.5, 0.6) is 0 Å². The molecule has 8 heteroatoms. The van der Waals surface area contributed by atoms with E-state index in [9.17, 15) is 4.79 Å². The number of hydrogen-bond acceptors (Lipinski definition) is 4. The molecule has 1 aromatic heterocycles. The fraction of sp³-hybridized carbons (Fsp3) is 0.250. The maximum atomic E-state index is 12.9. The monoisotopic (exact) mass is 435 g/mol. The van der Waals surface area contributed by atoms with Crippen LogP contribution in [-0.2, 0) is 17.8 Å². The van der Waals surface area contributed by atoms with Crippen LogP contribution >= 0.6 is 34.8 Å². The third-order valence-electron chi connectivity index (χ3n) is 4.57. The number of hydrogen-bond donors (Lipinski definition) is 0. The molecule has 0 aliphatic heterocycles. The van der Waals surface area contributed by atoms with E-state index in [2.05, 4.69) is 10.2 Å². The third kappa shape index (κ3) is 4.17. The second-order valence-corrected chi connectivity index (χ2v) is 7.83. The second kappa shape index (κ2) is 8.11. The molecule has 0 spiro atoms. The van der Waals surface area contributed by atoms with Gasteiger partial charge in [-0.2, -0.15) is 0 Å². The van der Waals surface area contributed by atoms with Crippen LogP contribution in [0.2, 0.25) is 15.1 Å². The lowest BCUT2D eigenvalue weighted by Crippen LogP contribution is -2.34. The van der Waals surface area contributed by atoms with Gasteiger partial charge >= 0.3 is 0 Å². The number of rotatable bonds is 6. The Bertz CT molecular complexity index is 997. The summed E-state index contributed by atoms with van der Waals surface area (Å²) in [7, 11) is 0. The zero-order valence-corrected chi connectivity index (χ0v) is 17.0. The van der Waals surface area contributed by atoms with Crippen LogP contribution in [0.1, 0.15) is 24.3 Å². The number of carbonyl (C=O) groups is 1. The molecule has 0 saturated heterocycles. The van der Waals surface area contributed by atoms with Crippen molar-refractivity contribution in [3.8, 4) is 11.5 Å². The van der Waals surface area contributed by atoms with Crippen molar-refractivity contribution in [3.05, 3.63) is 69.0 Å². The first-order valence-electron chi connectivity index (χ1n) is 8.82. The lowest BCUT2D eigenvalue weighted by Gasteiger charge is -2.21. The Labute approximate surface area is 177 Å². The number of benzene rings is 2. The molecular weight excluding hydrogens is 421 g/mol. The molecule has 0 bridgehead atoms. The van der Waals surface area contributed by atoms with E-state index in [1.54, 1.807) is 29.2 Å². The largest absolute Gasteiger partial charge is 0.419 e. The molecule has 1 heterocycles. The van der Waals surface area contributed by atoms with E-state index >= 15 is 0 Å². The van der Waals surface area contributed by atoms with Gasteiger partial charge in [-0.05, 0) is 42.7 Å². The molecule has 1 aliphatic carbocycles. The molecule has 2 aromatic carbocycles. The van der Waals surface area contributed by atoms with Crippen molar-refractivity contribution in [2.24, 2.45) is 0 Å². The lowest BCUT2D eigenvalue weighted by molar-refractivity contribution is -0.132. The maximum absolute atomic E-state index is 12.9. The van der Waals surface area contributed by atoms with Crippen LogP contribution < -0.4 is 0 Å². The molecule has 144 valence electrons. The normalized spacial score (nSPS) is 13.5. The Morgan fingerprint density at radius 3 is 2.36 bits per heavy atom. The molecule has 0 radical (unpaired) electrons. The molecular formula is C20H16Cl3N3O2. The summed E-state index contributed by atoms with van der Waals surface area (Å²) in [5, 5.41) is 9.65. The zero-order chi connectivity index (χ0) is 19.7. The molecule has 0 atom stereocenters. The van der Waals surface area contributed by atoms with E-state index in [0.29, 0.717) is 38.0 Å². The summed E-state index contributed by atoms with van der Waals surface area (Å²) in [5.74, 6) is 0.619. The Hall–Kier alpha value is -2.08. The van der Waals surface area contributed by atoms with Crippen molar-refractivity contribution in [2.75, 3.05) is 0 Å². The number of carbonyl (C=O) groups excluding carboxylic acids is 1. The van der Waals surface area contributed by atoms with Crippen LogP contribution in [0.25, 0.3) is 11.5 Å². The van der Waals surface area contributed by atoms with E-state index < -0.39 is 0 Å². The van der Waals surface area contributed by atoms with Gasteiger partial charge in [0.05, 0.1) is 23.6 Å². The lowest BCUT2D eigenvalue weighted by atomic mass is 10.1. The summed E-state index contributed by atoms with van der Waals surface area (Å²) in [6.07, 6.45) is 2.03. The number of amides is 1. The first kappa shape index (κ1) is 19.2. The van der Waals surface area contributed by atoms with Crippen LogP contribution in [-0.4, -0.2) is 27.0 Å². The van der Waals surface area contributed by atoms with Crippen molar-refractivity contribution in [1.82, 2.24) is 15.1 Å². The van der Waals surface area contributed by atoms with E-state index in [-0.39, 0.29) is 24.9 Å². The van der Waals surface area contributed by atoms with Crippen LogP contribution in [0.4, 0.5) is 0 Å². The molecule has 1 fully saturated rings. The minimum absolute atomic E-state index is 0.0741. The van der Waals surface area contributed by atoms with Gasteiger partial charge in [0.25, 0.3) is 0 Å². The van der Waals surface area contributed by atoms with Crippen LogP contribution in [0, 0.1) is 0 Å². The molecule has 0 N–H and O–H groups in total. The van der Waals surface area contributed by atoms with Crippen molar-refractivity contribution in [3.63, 3.8) is 0 Å². The average Bonchev–Trinajstić information content (AvgIpc) is 3.41. The highest BCUT2D eigenvalue weighted by Gasteiger charge is 2.34. The summed E-state index contributed by atoms with van der Waals surface area (Å²) < 4.78 is 5.75. The summed E-state index contributed by atoms with van der Waals surface area (Å²) >= 11 is 18.6. The Morgan fingerprint density at radius 1 is 1.00 bits per heavy atom. The van der Waals surface area contributed by atoms with E-state index in [0.717, 1.165) is 12.8 Å². The first-order valence-corrected chi connectivity index (χ1v) is 9.96. The topological polar surface area (TPSA) is 59.2 Å². The SMILES string of the molecule is O=C(Cc1c(Cl)cccc1Cl)N(Cc1nnc(-c2ccccc2Cl)o1)C1CC1. The fourth-order valence-corrected chi connectivity index (χ4v) is 3.72. The van der Waals surface area contributed by atoms with Crippen molar-refractivity contribution >= 4 is 40.7 Å². The summed E-state index contributed by atoms with van der Waals surface area (Å²) in [4.78, 5) is 14.7. The highest BCUT2D eigenvalue weighted by Crippen LogP contribution is 2.32. The number of halogens is 3. The third-order valence-corrected chi connectivity index (χ3v) is 5.61. The summed E-state index contributed by atoms with van der Waals surface area (Å²) in [6.45, 7) is 0.239. The first-order chi connectivity index (χ1) is 13.5. The average molecular weight is 437 g/mol. The van der Waals surface area contributed by atoms with Gasteiger partial charge in [0, 0.05) is 16.1 Å². The molecule has 5 nitrogen and oxygen atoms in total.